The van der Waals surface area contributed by atoms with E-state index in [4.69, 9.17) is 5.73 Å². The predicted octanol–water partition coefficient (Wildman–Crippen LogP) is 0.0675. The van der Waals surface area contributed by atoms with Gasteiger partial charge in [0, 0.05) is 11.4 Å². The van der Waals surface area contributed by atoms with E-state index < -0.39 is 17.8 Å². The van der Waals surface area contributed by atoms with Crippen molar-refractivity contribution >= 4 is 29.2 Å². The molecule has 2 rings (SSSR count). The summed E-state index contributed by atoms with van der Waals surface area (Å²) in [6.45, 7) is 1.48. The number of nitrogens with one attached hydrogen (secondary N) is 2. The van der Waals surface area contributed by atoms with Crippen LogP contribution in [0.4, 0.5) is 16.2 Å². The van der Waals surface area contributed by atoms with Gasteiger partial charge >= 0.3 is 6.03 Å². The number of nitrogens with two attached hydrogens (primary N) is 1. The zero-order chi connectivity index (χ0) is 14.0. The summed E-state index contributed by atoms with van der Waals surface area (Å²) in [5.41, 5.74) is 7.72. The highest BCUT2D eigenvalue weighted by atomic mass is 16.2. The number of carbonyl (C=O) groups is 3. The number of nitrogen functional groups attached to an aromatic ring is 1. The standard InChI is InChI=1S/C12H14N4O3/c1-7-2-3-8(4-9(7)13)15-10(17)6-16-11(18)5-14-12(16)19/h2-4H,5-6,13H2,1H3,(H,14,19)(H,15,17). The van der Waals surface area contributed by atoms with Gasteiger partial charge in [0.25, 0.3) is 5.91 Å². The Kier molecular flexibility index (Phi) is 3.37. The van der Waals surface area contributed by atoms with E-state index in [-0.39, 0.29) is 13.1 Å². The lowest BCUT2D eigenvalue weighted by Crippen LogP contribution is -2.38. The third kappa shape index (κ3) is 2.82. The summed E-state index contributed by atoms with van der Waals surface area (Å²) < 4.78 is 0. The van der Waals surface area contributed by atoms with Gasteiger partial charge in [-0.1, -0.05) is 6.07 Å². The zero-order valence-corrected chi connectivity index (χ0v) is 10.4. The smallest absolute Gasteiger partial charge is 0.325 e. The fourth-order valence-corrected chi connectivity index (χ4v) is 1.68. The van der Waals surface area contributed by atoms with Crippen molar-refractivity contribution in [2.45, 2.75) is 6.92 Å². The monoisotopic (exact) mass is 262 g/mol. The number of nitrogens with zero attached hydrogens (tertiary/aromatic N) is 1. The Morgan fingerprint density at radius 1 is 1.47 bits per heavy atom. The highest BCUT2D eigenvalue weighted by Gasteiger charge is 2.30. The molecule has 1 saturated heterocycles. The topological polar surface area (TPSA) is 105 Å². The predicted molar refractivity (Wildman–Crippen MR) is 69.3 cm³/mol. The van der Waals surface area contributed by atoms with E-state index in [2.05, 4.69) is 10.6 Å². The number of aryl methyl sites for hydroxylation is 1. The van der Waals surface area contributed by atoms with Crippen LogP contribution in [0.3, 0.4) is 0 Å². The van der Waals surface area contributed by atoms with Crippen LogP contribution in [0, 0.1) is 6.92 Å². The van der Waals surface area contributed by atoms with E-state index in [0.29, 0.717) is 11.4 Å². The van der Waals surface area contributed by atoms with Crippen LogP contribution in [0.15, 0.2) is 18.2 Å². The number of anilines is 2. The highest BCUT2D eigenvalue weighted by Crippen LogP contribution is 2.16. The number of imide groups is 1. The van der Waals surface area contributed by atoms with E-state index >= 15 is 0 Å². The molecule has 0 bridgehead atoms. The van der Waals surface area contributed by atoms with Crippen LogP contribution in [0.5, 0.6) is 0 Å². The molecule has 0 unspecified atom stereocenters. The molecular weight excluding hydrogens is 248 g/mol. The van der Waals surface area contributed by atoms with Crippen molar-refractivity contribution in [1.82, 2.24) is 10.2 Å². The van der Waals surface area contributed by atoms with Crippen LogP contribution in [0.1, 0.15) is 5.56 Å². The Bertz CT molecular complexity index is 540. The molecule has 0 aromatic heterocycles. The van der Waals surface area contributed by atoms with Crippen molar-refractivity contribution in [2.24, 2.45) is 0 Å². The summed E-state index contributed by atoms with van der Waals surface area (Å²) in [5.74, 6) is -0.864. The number of benzene rings is 1. The lowest BCUT2D eigenvalue weighted by Gasteiger charge is -2.12. The van der Waals surface area contributed by atoms with Crippen LogP contribution in [-0.4, -0.2) is 35.8 Å². The molecule has 100 valence electrons. The fourth-order valence-electron chi connectivity index (χ4n) is 1.68. The fraction of sp³-hybridized carbons (Fsp3) is 0.250. The van der Waals surface area contributed by atoms with Crippen molar-refractivity contribution in [1.29, 1.82) is 0 Å². The van der Waals surface area contributed by atoms with Gasteiger partial charge in [0.1, 0.15) is 6.54 Å². The lowest BCUT2D eigenvalue weighted by molar-refractivity contribution is -0.128. The summed E-state index contributed by atoms with van der Waals surface area (Å²) in [4.78, 5) is 35.2. The molecule has 1 aromatic carbocycles. The molecular formula is C12H14N4O3. The van der Waals surface area contributed by atoms with E-state index in [1.165, 1.54) is 0 Å². The molecule has 1 aliphatic rings. The number of hydrogen-bond acceptors (Lipinski definition) is 4. The molecule has 0 spiro atoms. The summed E-state index contributed by atoms with van der Waals surface area (Å²) in [6, 6.07) is 4.55. The maximum Gasteiger partial charge on any atom is 0.325 e. The van der Waals surface area contributed by atoms with Crippen LogP contribution in [0.25, 0.3) is 0 Å². The van der Waals surface area contributed by atoms with Crippen LogP contribution in [0.2, 0.25) is 0 Å². The molecule has 7 nitrogen and oxygen atoms in total. The van der Waals surface area contributed by atoms with Crippen molar-refractivity contribution < 1.29 is 14.4 Å². The second-order valence-corrected chi connectivity index (χ2v) is 4.26. The molecule has 1 fully saturated rings. The molecule has 4 N–H and O–H groups in total. The highest BCUT2D eigenvalue weighted by molar-refractivity contribution is 6.06. The summed E-state index contributed by atoms with van der Waals surface area (Å²) in [7, 11) is 0. The zero-order valence-electron chi connectivity index (χ0n) is 10.4. The quantitative estimate of drug-likeness (QED) is 0.529. The Balaban J connectivity index is 1.99. The normalized spacial score (nSPS) is 14.5. The Morgan fingerprint density at radius 2 is 2.21 bits per heavy atom. The molecule has 1 aliphatic heterocycles. The number of urea groups is 1. The minimum Gasteiger partial charge on any atom is -0.398 e. The molecule has 0 saturated carbocycles. The van der Waals surface area contributed by atoms with Crippen LogP contribution >= 0.6 is 0 Å². The van der Waals surface area contributed by atoms with Gasteiger partial charge in [-0.15, -0.1) is 0 Å². The lowest BCUT2D eigenvalue weighted by atomic mass is 10.2. The third-order valence-corrected chi connectivity index (χ3v) is 2.80. The second-order valence-electron chi connectivity index (χ2n) is 4.26. The second kappa shape index (κ2) is 4.97. The van der Waals surface area contributed by atoms with Crippen LogP contribution < -0.4 is 16.4 Å². The van der Waals surface area contributed by atoms with Gasteiger partial charge < -0.3 is 16.4 Å². The van der Waals surface area contributed by atoms with Gasteiger partial charge in [0.15, 0.2) is 0 Å². The number of carbonyl (C=O) groups excluding carboxylic acids is 3. The van der Waals surface area contributed by atoms with Gasteiger partial charge in [0.05, 0.1) is 6.54 Å². The molecule has 1 aromatic rings. The van der Waals surface area contributed by atoms with Crippen molar-refractivity contribution in [3.05, 3.63) is 23.8 Å². The number of amides is 4. The first-order chi connectivity index (χ1) is 8.97. The average Bonchev–Trinajstić information content (AvgIpc) is 2.66. The molecule has 4 amide bonds. The van der Waals surface area contributed by atoms with Gasteiger partial charge in [-0.2, -0.15) is 0 Å². The number of hydrogen-bond donors (Lipinski definition) is 3. The first-order valence-corrected chi connectivity index (χ1v) is 5.71. The van der Waals surface area contributed by atoms with Crippen molar-refractivity contribution in [2.75, 3.05) is 24.1 Å². The first-order valence-electron chi connectivity index (χ1n) is 5.71. The number of rotatable bonds is 3. The SMILES string of the molecule is Cc1ccc(NC(=O)CN2C(=O)CNC2=O)cc1N. The van der Waals surface area contributed by atoms with E-state index in [0.717, 1.165) is 10.5 Å². The summed E-state index contributed by atoms with van der Waals surface area (Å²) >= 11 is 0. The van der Waals surface area contributed by atoms with E-state index in [1.54, 1.807) is 18.2 Å². The van der Waals surface area contributed by atoms with Crippen molar-refractivity contribution in [3.8, 4) is 0 Å². The van der Waals surface area contributed by atoms with Gasteiger partial charge in [-0.05, 0) is 24.6 Å². The Labute approximate surface area is 109 Å². The van der Waals surface area contributed by atoms with Crippen LogP contribution in [-0.2, 0) is 9.59 Å². The molecule has 7 heteroatoms. The molecule has 1 heterocycles. The molecule has 0 radical (unpaired) electrons. The van der Waals surface area contributed by atoms with Crippen molar-refractivity contribution in [3.63, 3.8) is 0 Å². The van der Waals surface area contributed by atoms with E-state index in [1.807, 2.05) is 6.92 Å². The summed E-state index contributed by atoms with van der Waals surface area (Å²) in [5, 5.41) is 4.93. The van der Waals surface area contributed by atoms with Gasteiger partial charge in [-0.25, -0.2) is 4.79 Å². The third-order valence-electron chi connectivity index (χ3n) is 2.80. The van der Waals surface area contributed by atoms with Gasteiger partial charge in [-0.3, -0.25) is 14.5 Å². The van der Waals surface area contributed by atoms with Gasteiger partial charge in [0.2, 0.25) is 5.91 Å². The Morgan fingerprint density at radius 3 is 2.79 bits per heavy atom. The molecule has 0 aliphatic carbocycles. The molecule has 0 atom stereocenters. The average molecular weight is 262 g/mol. The summed E-state index contributed by atoms with van der Waals surface area (Å²) in [6.07, 6.45) is 0. The first kappa shape index (κ1) is 12.9. The minimum atomic E-state index is -0.552. The maximum absolute atomic E-state index is 11.7. The molecule has 19 heavy (non-hydrogen) atoms. The maximum atomic E-state index is 11.7. The van der Waals surface area contributed by atoms with E-state index in [9.17, 15) is 14.4 Å². The Hall–Kier alpha value is -2.57. The largest absolute Gasteiger partial charge is 0.398 e. The minimum absolute atomic E-state index is 0.0659.